The first kappa shape index (κ1) is 16.0. The van der Waals surface area contributed by atoms with Crippen molar-refractivity contribution in [1.82, 2.24) is 15.1 Å². The lowest BCUT2D eigenvalue weighted by Gasteiger charge is -2.40. The number of nitrogens with zero attached hydrogens (tertiary/aromatic N) is 3. The van der Waals surface area contributed by atoms with Crippen LogP contribution in [0.5, 0.6) is 0 Å². The molecule has 2 aliphatic rings. The van der Waals surface area contributed by atoms with E-state index < -0.39 is 0 Å². The average Bonchev–Trinajstić information content (AvgIpc) is 3.31. The van der Waals surface area contributed by atoms with Gasteiger partial charge in [0.05, 0.1) is 12.0 Å². The van der Waals surface area contributed by atoms with Crippen molar-refractivity contribution in [3.63, 3.8) is 0 Å². The van der Waals surface area contributed by atoms with E-state index in [2.05, 4.69) is 57.6 Å². The molecule has 0 unspecified atom stereocenters. The van der Waals surface area contributed by atoms with E-state index >= 15 is 0 Å². The van der Waals surface area contributed by atoms with Gasteiger partial charge in [-0.2, -0.15) is 0 Å². The Kier molecular flexibility index (Phi) is 3.98. The molecule has 5 nitrogen and oxygen atoms in total. The molecule has 2 fully saturated rings. The SMILES string of the molecule is Cc1nnc([C@@H]2C[C@H]3OCC[C@H]3N(Cc3cccc4ccccc34)C2)o1. The van der Waals surface area contributed by atoms with Crippen LogP contribution in [0, 0.1) is 6.92 Å². The van der Waals surface area contributed by atoms with E-state index in [1.54, 1.807) is 0 Å². The molecule has 26 heavy (non-hydrogen) atoms. The second-order valence-electron chi connectivity index (χ2n) is 7.42. The van der Waals surface area contributed by atoms with Crippen LogP contribution in [-0.2, 0) is 11.3 Å². The molecule has 0 aliphatic carbocycles. The number of rotatable bonds is 3. The van der Waals surface area contributed by atoms with E-state index in [1.807, 2.05) is 6.92 Å². The maximum atomic E-state index is 6.04. The first-order chi connectivity index (χ1) is 12.8. The number of hydrogen-bond acceptors (Lipinski definition) is 5. The minimum Gasteiger partial charge on any atom is -0.425 e. The molecule has 2 aliphatic heterocycles. The topological polar surface area (TPSA) is 51.4 Å². The fourth-order valence-electron chi connectivity index (χ4n) is 4.54. The summed E-state index contributed by atoms with van der Waals surface area (Å²) in [4.78, 5) is 2.56. The molecule has 0 radical (unpaired) electrons. The molecule has 3 aromatic rings. The number of ether oxygens (including phenoxy) is 1. The number of aromatic nitrogens is 2. The molecule has 2 aromatic carbocycles. The standard InChI is InChI=1S/C21H23N3O2/c1-14-22-23-21(26-14)17-11-20-19(9-10-25-20)24(13-17)12-16-7-4-6-15-5-2-3-8-18(15)16/h2-8,17,19-20H,9-13H2,1H3/t17-,19-,20-/m1/s1. The van der Waals surface area contributed by atoms with Gasteiger partial charge in [0.1, 0.15) is 0 Å². The Balaban J connectivity index is 1.45. The van der Waals surface area contributed by atoms with E-state index in [4.69, 9.17) is 9.15 Å². The highest BCUT2D eigenvalue weighted by Gasteiger charge is 2.42. The summed E-state index contributed by atoms with van der Waals surface area (Å²) in [5.41, 5.74) is 1.37. The monoisotopic (exact) mass is 349 g/mol. The minimum atomic E-state index is 0.241. The lowest BCUT2D eigenvalue weighted by molar-refractivity contribution is 0.00938. The highest BCUT2D eigenvalue weighted by Crippen LogP contribution is 2.37. The lowest BCUT2D eigenvalue weighted by atomic mass is 9.89. The van der Waals surface area contributed by atoms with Crippen molar-refractivity contribution in [1.29, 1.82) is 0 Å². The molecule has 0 bridgehead atoms. The van der Waals surface area contributed by atoms with Crippen molar-refractivity contribution >= 4 is 10.8 Å². The molecule has 2 saturated heterocycles. The smallest absolute Gasteiger partial charge is 0.220 e. The molecule has 5 heteroatoms. The van der Waals surface area contributed by atoms with Crippen LogP contribution in [0.4, 0.5) is 0 Å². The van der Waals surface area contributed by atoms with Crippen LogP contribution in [0.25, 0.3) is 10.8 Å². The van der Waals surface area contributed by atoms with E-state index in [9.17, 15) is 0 Å². The summed E-state index contributed by atoms with van der Waals surface area (Å²) in [5.74, 6) is 1.62. The van der Waals surface area contributed by atoms with Crippen molar-refractivity contribution in [3.05, 3.63) is 59.8 Å². The minimum absolute atomic E-state index is 0.241. The van der Waals surface area contributed by atoms with Gasteiger partial charge in [0.15, 0.2) is 0 Å². The van der Waals surface area contributed by atoms with Crippen LogP contribution in [0.1, 0.15) is 36.1 Å². The van der Waals surface area contributed by atoms with Gasteiger partial charge >= 0.3 is 0 Å². The molecule has 0 N–H and O–H groups in total. The molecular weight excluding hydrogens is 326 g/mol. The molecule has 0 spiro atoms. The molecule has 0 saturated carbocycles. The van der Waals surface area contributed by atoms with Crippen LogP contribution in [0.15, 0.2) is 46.9 Å². The molecular formula is C21H23N3O2. The Morgan fingerprint density at radius 1 is 1.12 bits per heavy atom. The Bertz CT molecular complexity index is 917. The van der Waals surface area contributed by atoms with Crippen molar-refractivity contribution in [3.8, 4) is 0 Å². The molecule has 1 aromatic heterocycles. The van der Waals surface area contributed by atoms with Gasteiger partial charge < -0.3 is 9.15 Å². The van der Waals surface area contributed by atoms with E-state index in [0.29, 0.717) is 11.9 Å². The van der Waals surface area contributed by atoms with E-state index in [1.165, 1.54) is 16.3 Å². The molecule has 3 heterocycles. The fraction of sp³-hybridized carbons (Fsp3) is 0.429. The van der Waals surface area contributed by atoms with Gasteiger partial charge in [0, 0.05) is 32.7 Å². The Hall–Kier alpha value is -2.24. The second kappa shape index (κ2) is 6.49. The molecule has 5 rings (SSSR count). The Labute approximate surface area is 153 Å². The summed E-state index contributed by atoms with van der Waals surface area (Å²) in [5, 5.41) is 10.9. The number of benzene rings is 2. The van der Waals surface area contributed by atoms with Crippen molar-refractivity contribution < 1.29 is 9.15 Å². The number of fused-ring (bicyclic) bond motifs is 2. The number of aryl methyl sites for hydroxylation is 1. The summed E-state index contributed by atoms with van der Waals surface area (Å²) in [6, 6.07) is 15.7. The van der Waals surface area contributed by atoms with Gasteiger partial charge in [0.2, 0.25) is 11.8 Å². The zero-order valence-corrected chi connectivity index (χ0v) is 15.0. The predicted octanol–water partition coefficient (Wildman–Crippen LogP) is 3.68. The van der Waals surface area contributed by atoms with Crippen molar-refractivity contribution in [2.75, 3.05) is 13.2 Å². The second-order valence-corrected chi connectivity index (χ2v) is 7.42. The van der Waals surface area contributed by atoms with Gasteiger partial charge in [0.25, 0.3) is 0 Å². The molecule has 0 amide bonds. The zero-order chi connectivity index (χ0) is 17.5. The van der Waals surface area contributed by atoms with Crippen LogP contribution in [-0.4, -0.2) is 40.4 Å². The largest absolute Gasteiger partial charge is 0.425 e. The van der Waals surface area contributed by atoms with Crippen LogP contribution >= 0.6 is 0 Å². The number of likely N-dealkylation sites (tertiary alicyclic amines) is 1. The molecule has 3 atom stereocenters. The van der Waals surface area contributed by atoms with Crippen LogP contribution < -0.4 is 0 Å². The fourth-order valence-corrected chi connectivity index (χ4v) is 4.54. The average molecular weight is 349 g/mol. The Morgan fingerprint density at radius 3 is 2.88 bits per heavy atom. The Morgan fingerprint density at radius 2 is 2.00 bits per heavy atom. The molecule has 134 valence electrons. The van der Waals surface area contributed by atoms with Crippen molar-refractivity contribution in [2.24, 2.45) is 0 Å². The maximum absolute atomic E-state index is 6.04. The highest BCUT2D eigenvalue weighted by molar-refractivity contribution is 5.85. The highest BCUT2D eigenvalue weighted by atomic mass is 16.5. The van der Waals surface area contributed by atoms with Crippen LogP contribution in [0.3, 0.4) is 0 Å². The predicted molar refractivity (Wildman–Crippen MR) is 98.9 cm³/mol. The lowest BCUT2D eigenvalue weighted by Crippen LogP contribution is -2.48. The summed E-state index contributed by atoms with van der Waals surface area (Å²) in [6.07, 6.45) is 2.33. The number of hydrogen-bond donors (Lipinski definition) is 0. The third-order valence-corrected chi connectivity index (χ3v) is 5.76. The third-order valence-electron chi connectivity index (χ3n) is 5.76. The summed E-state index contributed by atoms with van der Waals surface area (Å²) in [6.45, 7) is 4.56. The van der Waals surface area contributed by atoms with Crippen molar-refractivity contribution in [2.45, 2.75) is 44.4 Å². The first-order valence-corrected chi connectivity index (χ1v) is 9.40. The maximum Gasteiger partial charge on any atom is 0.220 e. The first-order valence-electron chi connectivity index (χ1n) is 9.40. The normalized spacial score (nSPS) is 26.3. The summed E-state index contributed by atoms with van der Waals surface area (Å²) in [7, 11) is 0. The number of piperidine rings is 1. The zero-order valence-electron chi connectivity index (χ0n) is 15.0. The van der Waals surface area contributed by atoms with Gasteiger partial charge in [-0.3, -0.25) is 4.90 Å². The summed E-state index contributed by atoms with van der Waals surface area (Å²) < 4.78 is 11.8. The van der Waals surface area contributed by atoms with E-state index in [-0.39, 0.29) is 12.0 Å². The quantitative estimate of drug-likeness (QED) is 0.722. The summed E-state index contributed by atoms with van der Waals surface area (Å²) >= 11 is 0. The van der Waals surface area contributed by atoms with Crippen LogP contribution in [0.2, 0.25) is 0 Å². The van der Waals surface area contributed by atoms with Gasteiger partial charge in [-0.25, -0.2) is 0 Å². The third kappa shape index (κ3) is 2.81. The van der Waals surface area contributed by atoms with Gasteiger partial charge in [-0.1, -0.05) is 42.5 Å². The van der Waals surface area contributed by atoms with Gasteiger partial charge in [-0.05, 0) is 29.2 Å². The van der Waals surface area contributed by atoms with E-state index in [0.717, 1.165) is 38.4 Å². The van der Waals surface area contributed by atoms with Gasteiger partial charge in [-0.15, -0.1) is 10.2 Å².